The van der Waals surface area contributed by atoms with E-state index in [-0.39, 0.29) is 12.3 Å². The molecule has 0 spiro atoms. The fraction of sp³-hybridized carbons (Fsp3) is 0.926. The van der Waals surface area contributed by atoms with Crippen molar-refractivity contribution in [1.82, 2.24) is 4.90 Å². The molecule has 1 aliphatic rings. The SMILES string of the molecule is CC[C@H]1OC(=O)[C@@](C)(F)C(=O)[C@H](C)C(C(C)(C)C)[C@](C)(OC)C[C@@H](C)CN(C)[C@H](C)[C@@H](O)[C@]1(C)O. The number of aliphatic hydroxyl groups is 2. The van der Waals surface area contributed by atoms with Gasteiger partial charge in [-0.05, 0) is 58.9 Å². The average molecular weight is 504 g/mol. The number of nitrogens with zero attached hydrogens (tertiary/aromatic N) is 1. The van der Waals surface area contributed by atoms with Crippen molar-refractivity contribution in [3.05, 3.63) is 0 Å². The second-order valence-electron chi connectivity index (χ2n) is 12.5. The van der Waals surface area contributed by atoms with Crippen LogP contribution in [0, 0.1) is 23.2 Å². The average Bonchev–Trinajstić information content (AvgIpc) is 2.73. The Kier molecular flexibility index (Phi) is 10.1. The molecule has 8 heteroatoms. The van der Waals surface area contributed by atoms with E-state index in [0.717, 1.165) is 6.92 Å². The lowest BCUT2D eigenvalue weighted by molar-refractivity contribution is -0.196. The van der Waals surface area contributed by atoms with Crippen LogP contribution < -0.4 is 0 Å². The molecule has 0 amide bonds. The number of likely N-dealkylation sites (N-methyl/N-ethyl adjacent to an activating group) is 1. The highest BCUT2D eigenvalue weighted by molar-refractivity contribution is 6.07. The van der Waals surface area contributed by atoms with Gasteiger partial charge in [-0.2, -0.15) is 0 Å². The van der Waals surface area contributed by atoms with Gasteiger partial charge in [0, 0.05) is 31.5 Å². The molecule has 1 unspecified atom stereocenters. The number of Topliss-reactive ketones (excluding diaryl/α,β-unsaturated/α-hetero) is 1. The van der Waals surface area contributed by atoms with Crippen LogP contribution in [0.15, 0.2) is 0 Å². The molecule has 206 valence electrons. The number of cyclic esters (lactones) is 1. The van der Waals surface area contributed by atoms with Gasteiger partial charge in [0.25, 0.3) is 5.67 Å². The summed E-state index contributed by atoms with van der Waals surface area (Å²) in [5.74, 6) is -3.43. The number of hydrogen-bond acceptors (Lipinski definition) is 7. The number of esters is 1. The summed E-state index contributed by atoms with van der Waals surface area (Å²) in [7, 11) is 3.46. The number of halogens is 1. The largest absolute Gasteiger partial charge is 0.457 e. The van der Waals surface area contributed by atoms with Crippen LogP contribution in [-0.2, 0) is 19.1 Å². The Morgan fingerprint density at radius 2 is 1.69 bits per heavy atom. The quantitative estimate of drug-likeness (QED) is 0.437. The summed E-state index contributed by atoms with van der Waals surface area (Å²) in [5, 5.41) is 22.3. The Morgan fingerprint density at radius 3 is 2.11 bits per heavy atom. The van der Waals surface area contributed by atoms with Gasteiger partial charge >= 0.3 is 5.97 Å². The summed E-state index contributed by atoms with van der Waals surface area (Å²) in [6.45, 7) is 18.0. The van der Waals surface area contributed by atoms with Crippen molar-refractivity contribution in [1.29, 1.82) is 0 Å². The molecule has 1 fully saturated rings. The van der Waals surface area contributed by atoms with Crippen molar-refractivity contribution >= 4 is 11.8 Å². The van der Waals surface area contributed by atoms with Crippen molar-refractivity contribution in [2.45, 2.75) is 117 Å². The van der Waals surface area contributed by atoms with Crippen molar-refractivity contribution in [3.8, 4) is 0 Å². The minimum atomic E-state index is -2.93. The molecule has 1 heterocycles. The highest BCUT2D eigenvalue weighted by Crippen LogP contribution is 2.46. The number of alkyl halides is 1. The van der Waals surface area contributed by atoms with E-state index in [1.54, 1.807) is 27.9 Å². The number of rotatable bonds is 2. The van der Waals surface area contributed by atoms with Gasteiger partial charge in [0.15, 0.2) is 5.78 Å². The number of methoxy groups -OCH3 is 1. The van der Waals surface area contributed by atoms with Crippen molar-refractivity contribution < 1.29 is 33.7 Å². The van der Waals surface area contributed by atoms with Crippen molar-refractivity contribution in [2.75, 3.05) is 20.7 Å². The van der Waals surface area contributed by atoms with E-state index < -0.39 is 64.1 Å². The van der Waals surface area contributed by atoms with Crippen LogP contribution in [0.5, 0.6) is 0 Å². The van der Waals surface area contributed by atoms with E-state index in [2.05, 4.69) is 6.92 Å². The molecule has 0 saturated carbocycles. The standard InChI is InChI=1S/C27H50FNO6/c1-13-19-27(10,33)22(31)18(4)29(11)15-16(2)14-25(8,34-12)20(24(5,6)7)17(3)21(30)26(9,28)23(32)35-19/h16-20,22,31,33H,13-15H2,1-12H3/t16-,17-,18-,19-,20?,22-,25-,26+,27-/m1/s1. The third-order valence-electron chi connectivity index (χ3n) is 8.19. The number of hydrogen-bond donors (Lipinski definition) is 2. The first-order valence-corrected chi connectivity index (χ1v) is 12.8. The first-order chi connectivity index (χ1) is 15.7. The number of ether oxygens (including phenoxy) is 2. The van der Waals surface area contributed by atoms with E-state index in [1.165, 1.54) is 6.92 Å². The minimum absolute atomic E-state index is 0.0819. The molecule has 0 radical (unpaired) electrons. The predicted octanol–water partition coefficient (Wildman–Crippen LogP) is 3.78. The Labute approximate surface area is 211 Å². The van der Waals surface area contributed by atoms with Gasteiger partial charge in [-0.1, -0.05) is 41.5 Å². The molecule has 1 aliphatic heterocycles. The Bertz CT molecular complexity index is 748. The molecule has 0 aromatic carbocycles. The van der Waals surface area contributed by atoms with E-state index >= 15 is 4.39 Å². The van der Waals surface area contributed by atoms with Gasteiger partial charge in [-0.25, -0.2) is 9.18 Å². The third kappa shape index (κ3) is 6.62. The van der Waals surface area contributed by atoms with Crippen LogP contribution in [0.2, 0.25) is 0 Å². The van der Waals surface area contributed by atoms with Crippen molar-refractivity contribution in [3.63, 3.8) is 0 Å². The lowest BCUT2D eigenvalue weighted by Gasteiger charge is -2.48. The van der Waals surface area contributed by atoms with Gasteiger partial charge in [0.2, 0.25) is 0 Å². The topological polar surface area (TPSA) is 96.3 Å². The number of aliphatic hydroxyl groups excluding tert-OH is 1. The molecule has 2 N–H and O–H groups in total. The van der Waals surface area contributed by atoms with Gasteiger partial charge < -0.3 is 24.6 Å². The van der Waals surface area contributed by atoms with Crippen LogP contribution in [0.4, 0.5) is 4.39 Å². The summed E-state index contributed by atoms with van der Waals surface area (Å²) in [4.78, 5) is 28.5. The fourth-order valence-electron chi connectivity index (χ4n) is 6.40. The van der Waals surface area contributed by atoms with Crippen LogP contribution in [0.25, 0.3) is 0 Å². The molecule has 0 bridgehead atoms. The molecule has 9 atom stereocenters. The molecule has 35 heavy (non-hydrogen) atoms. The summed E-state index contributed by atoms with van der Waals surface area (Å²) >= 11 is 0. The summed E-state index contributed by atoms with van der Waals surface area (Å²) in [6.07, 6.45) is -1.80. The van der Waals surface area contributed by atoms with Crippen LogP contribution >= 0.6 is 0 Å². The number of carbonyl (C=O) groups excluding carboxylic acids is 2. The van der Waals surface area contributed by atoms with E-state index in [0.29, 0.717) is 13.0 Å². The summed E-state index contributed by atoms with van der Waals surface area (Å²) < 4.78 is 27.4. The zero-order chi connectivity index (χ0) is 27.7. The minimum Gasteiger partial charge on any atom is -0.457 e. The van der Waals surface area contributed by atoms with Gasteiger partial charge in [0.05, 0.1) is 5.60 Å². The highest BCUT2D eigenvalue weighted by Gasteiger charge is 2.55. The zero-order valence-electron chi connectivity index (χ0n) is 23.9. The molecule has 1 saturated heterocycles. The maximum Gasteiger partial charge on any atom is 0.351 e. The number of ketones is 1. The van der Waals surface area contributed by atoms with Gasteiger partial charge in [0.1, 0.15) is 17.8 Å². The molecular weight excluding hydrogens is 453 g/mol. The predicted molar refractivity (Wildman–Crippen MR) is 135 cm³/mol. The van der Waals surface area contributed by atoms with E-state index in [1.807, 2.05) is 39.6 Å². The fourth-order valence-corrected chi connectivity index (χ4v) is 6.40. The second kappa shape index (κ2) is 11.1. The van der Waals surface area contributed by atoms with Crippen LogP contribution in [-0.4, -0.2) is 82.7 Å². The van der Waals surface area contributed by atoms with Gasteiger partial charge in [-0.3, -0.25) is 4.79 Å². The highest BCUT2D eigenvalue weighted by atomic mass is 19.1. The maximum absolute atomic E-state index is 15.9. The Balaban J connectivity index is 3.73. The zero-order valence-corrected chi connectivity index (χ0v) is 23.9. The molecule has 0 aromatic rings. The monoisotopic (exact) mass is 503 g/mol. The van der Waals surface area contributed by atoms with E-state index in [4.69, 9.17) is 9.47 Å². The lowest BCUT2D eigenvalue weighted by Crippen LogP contribution is -2.59. The smallest absolute Gasteiger partial charge is 0.351 e. The van der Waals surface area contributed by atoms with Gasteiger partial charge in [-0.15, -0.1) is 0 Å². The van der Waals surface area contributed by atoms with Crippen LogP contribution in [0.1, 0.15) is 82.1 Å². The van der Waals surface area contributed by atoms with Crippen molar-refractivity contribution in [2.24, 2.45) is 23.2 Å². The Morgan fingerprint density at radius 1 is 1.17 bits per heavy atom. The first kappa shape index (κ1) is 31.9. The number of carbonyl (C=O) groups is 2. The molecule has 7 nitrogen and oxygen atoms in total. The molecular formula is C27H50FNO6. The lowest BCUT2D eigenvalue weighted by atomic mass is 9.61. The first-order valence-electron chi connectivity index (χ1n) is 12.8. The summed E-state index contributed by atoms with van der Waals surface area (Å²) in [6, 6.07) is -0.491. The normalized spacial score (nSPS) is 43.9. The molecule has 0 aliphatic carbocycles. The summed E-state index contributed by atoms with van der Waals surface area (Å²) in [5.41, 5.74) is -6.03. The third-order valence-corrected chi connectivity index (χ3v) is 8.19. The molecule has 1 rings (SSSR count). The van der Waals surface area contributed by atoms with E-state index in [9.17, 15) is 19.8 Å². The molecule has 0 aromatic heterocycles. The Hall–Kier alpha value is -1.09. The second-order valence-corrected chi connectivity index (χ2v) is 12.5. The maximum atomic E-state index is 15.9. The van der Waals surface area contributed by atoms with Crippen LogP contribution in [0.3, 0.4) is 0 Å².